The molecule has 0 aliphatic heterocycles. The number of nitrogens with zero attached hydrogens (tertiary/aromatic N) is 1. The lowest BCUT2D eigenvalue weighted by atomic mass is 10.2. The summed E-state index contributed by atoms with van der Waals surface area (Å²) in [6, 6.07) is 15.4. The average molecular weight is 428 g/mol. The van der Waals surface area contributed by atoms with Crippen LogP contribution in [-0.2, 0) is 4.79 Å². The lowest BCUT2D eigenvalue weighted by Gasteiger charge is -2.16. The fraction of sp³-hybridized carbons (Fsp3) is 0.391. The zero-order valence-corrected chi connectivity index (χ0v) is 18.3. The van der Waals surface area contributed by atoms with Crippen LogP contribution in [0.2, 0.25) is 0 Å². The standard InChI is InChI=1S/C23H29N3O3S/c1-3-28-20-11-6-7-12-21(20)29-15-8-13-22(27)24-19(14-16-30-2)23-25-17-9-4-5-10-18(17)26-23/h4-7,9-12,19H,3,8,13-16H2,1-2H3,(H,24,27)(H,25,26)/t19-/m0/s1. The largest absolute Gasteiger partial charge is 0.490 e. The van der Waals surface area contributed by atoms with Gasteiger partial charge >= 0.3 is 0 Å². The lowest BCUT2D eigenvalue weighted by Crippen LogP contribution is -2.29. The number of carbonyl (C=O) groups is 1. The predicted octanol–water partition coefficient (Wildman–Crippen LogP) is 4.73. The maximum Gasteiger partial charge on any atom is 0.220 e. The molecular formula is C23H29N3O3S. The van der Waals surface area contributed by atoms with Crippen molar-refractivity contribution in [2.75, 3.05) is 25.2 Å². The van der Waals surface area contributed by atoms with E-state index >= 15 is 0 Å². The van der Waals surface area contributed by atoms with Gasteiger partial charge in [0.1, 0.15) is 5.82 Å². The Balaban J connectivity index is 1.52. The summed E-state index contributed by atoms with van der Waals surface area (Å²) < 4.78 is 11.4. The van der Waals surface area contributed by atoms with Crippen LogP contribution in [0, 0.1) is 0 Å². The van der Waals surface area contributed by atoms with Gasteiger partial charge in [-0.2, -0.15) is 11.8 Å². The second-order valence-corrected chi connectivity index (χ2v) is 7.86. The molecule has 0 saturated carbocycles. The summed E-state index contributed by atoms with van der Waals surface area (Å²) in [5.74, 6) is 3.19. The van der Waals surface area contributed by atoms with Crippen LogP contribution in [0.4, 0.5) is 0 Å². The van der Waals surface area contributed by atoms with E-state index in [0.29, 0.717) is 31.8 Å². The smallest absolute Gasteiger partial charge is 0.220 e. The van der Waals surface area contributed by atoms with Crippen LogP contribution in [0.3, 0.4) is 0 Å². The van der Waals surface area contributed by atoms with Crippen LogP contribution in [-0.4, -0.2) is 41.1 Å². The molecule has 0 aliphatic carbocycles. The summed E-state index contributed by atoms with van der Waals surface area (Å²) in [4.78, 5) is 20.6. The van der Waals surface area contributed by atoms with Crippen molar-refractivity contribution in [3.8, 4) is 11.5 Å². The highest BCUT2D eigenvalue weighted by Gasteiger charge is 2.18. The molecular weight excluding hydrogens is 398 g/mol. The van der Waals surface area contributed by atoms with E-state index in [-0.39, 0.29) is 11.9 Å². The molecule has 6 nitrogen and oxygen atoms in total. The van der Waals surface area contributed by atoms with Crippen molar-refractivity contribution in [1.82, 2.24) is 15.3 Å². The molecule has 0 fully saturated rings. The number of para-hydroxylation sites is 4. The molecule has 0 unspecified atom stereocenters. The van der Waals surface area contributed by atoms with Gasteiger partial charge in [-0.15, -0.1) is 0 Å². The van der Waals surface area contributed by atoms with Crippen LogP contribution in [0.1, 0.15) is 38.1 Å². The van der Waals surface area contributed by atoms with Gasteiger partial charge in [0.2, 0.25) is 5.91 Å². The predicted molar refractivity (Wildman–Crippen MR) is 122 cm³/mol. The molecule has 3 aromatic rings. The maximum absolute atomic E-state index is 12.5. The first kappa shape index (κ1) is 22.0. The second-order valence-electron chi connectivity index (χ2n) is 6.87. The monoisotopic (exact) mass is 427 g/mol. The number of benzene rings is 2. The number of imidazole rings is 1. The zero-order valence-electron chi connectivity index (χ0n) is 17.5. The summed E-state index contributed by atoms with van der Waals surface area (Å²) >= 11 is 1.76. The molecule has 3 rings (SSSR count). The normalized spacial score (nSPS) is 11.9. The topological polar surface area (TPSA) is 76.2 Å². The average Bonchev–Trinajstić information content (AvgIpc) is 3.19. The molecule has 1 aromatic heterocycles. The van der Waals surface area contributed by atoms with Crippen molar-refractivity contribution in [2.24, 2.45) is 0 Å². The third kappa shape index (κ3) is 6.16. The van der Waals surface area contributed by atoms with Crippen molar-refractivity contribution in [2.45, 2.75) is 32.2 Å². The number of hydrogen-bond acceptors (Lipinski definition) is 5. The van der Waals surface area contributed by atoms with Crippen LogP contribution >= 0.6 is 11.8 Å². The summed E-state index contributed by atoms with van der Waals surface area (Å²) in [6.45, 7) is 2.98. The minimum absolute atomic E-state index is 0.00301. The van der Waals surface area contributed by atoms with E-state index in [9.17, 15) is 4.79 Å². The van der Waals surface area contributed by atoms with Crippen LogP contribution < -0.4 is 14.8 Å². The zero-order chi connectivity index (χ0) is 21.2. The first-order valence-corrected chi connectivity index (χ1v) is 11.7. The number of amides is 1. The second kappa shape index (κ2) is 11.5. The Morgan fingerprint density at radius 1 is 1.13 bits per heavy atom. The first-order chi connectivity index (χ1) is 14.7. The van der Waals surface area contributed by atoms with E-state index in [0.717, 1.165) is 34.8 Å². The molecule has 0 radical (unpaired) electrons. The summed E-state index contributed by atoms with van der Waals surface area (Å²) in [5, 5.41) is 3.13. The molecule has 2 aromatic carbocycles. The fourth-order valence-electron chi connectivity index (χ4n) is 3.18. The Morgan fingerprint density at radius 2 is 1.87 bits per heavy atom. The van der Waals surface area contributed by atoms with E-state index < -0.39 is 0 Å². The van der Waals surface area contributed by atoms with Gasteiger partial charge in [0.05, 0.1) is 30.3 Å². The number of hydrogen-bond donors (Lipinski definition) is 2. The number of aromatic nitrogens is 2. The molecule has 2 N–H and O–H groups in total. The Morgan fingerprint density at radius 3 is 2.60 bits per heavy atom. The highest BCUT2D eigenvalue weighted by molar-refractivity contribution is 7.98. The fourth-order valence-corrected chi connectivity index (χ4v) is 3.65. The first-order valence-electron chi connectivity index (χ1n) is 10.3. The number of carbonyl (C=O) groups excluding carboxylic acids is 1. The molecule has 160 valence electrons. The molecule has 1 atom stereocenters. The van der Waals surface area contributed by atoms with Gasteiger partial charge in [0, 0.05) is 6.42 Å². The number of nitrogens with one attached hydrogen (secondary N) is 2. The SMILES string of the molecule is CCOc1ccccc1OCCCC(=O)N[C@@H](CCSC)c1nc2ccccc2[nH]1. The third-order valence-electron chi connectivity index (χ3n) is 4.64. The van der Waals surface area contributed by atoms with Crippen molar-refractivity contribution in [3.63, 3.8) is 0 Å². The Kier molecular flexibility index (Phi) is 8.44. The highest BCUT2D eigenvalue weighted by Crippen LogP contribution is 2.26. The maximum atomic E-state index is 12.5. The molecule has 30 heavy (non-hydrogen) atoms. The van der Waals surface area contributed by atoms with Gasteiger partial charge in [-0.05, 0) is 56.0 Å². The minimum Gasteiger partial charge on any atom is -0.490 e. The van der Waals surface area contributed by atoms with Gasteiger partial charge in [-0.25, -0.2) is 4.98 Å². The number of rotatable bonds is 12. The molecule has 0 bridgehead atoms. The molecule has 0 saturated heterocycles. The molecule has 7 heteroatoms. The number of aromatic amines is 1. The summed E-state index contributed by atoms with van der Waals surface area (Å²) in [5.41, 5.74) is 1.90. The van der Waals surface area contributed by atoms with E-state index in [1.54, 1.807) is 11.8 Å². The van der Waals surface area contributed by atoms with Gasteiger partial charge in [0.25, 0.3) is 0 Å². The highest BCUT2D eigenvalue weighted by atomic mass is 32.2. The van der Waals surface area contributed by atoms with Crippen molar-refractivity contribution >= 4 is 28.7 Å². The van der Waals surface area contributed by atoms with Crippen molar-refractivity contribution in [1.29, 1.82) is 0 Å². The number of ether oxygens (including phenoxy) is 2. The van der Waals surface area contributed by atoms with E-state index in [2.05, 4.69) is 21.5 Å². The quantitative estimate of drug-likeness (QED) is 0.409. The van der Waals surface area contributed by atoms with Crippen LogP contribution in [0.15, 0.2) is 48.5 Å². The number of fused-ring (bicyclic) bond motifs is 1. The molecule has 1 heterocycles. The van der Waals surface area contributed by atoms with Crippen LogP contribution in [0.25, 0.3) is 11.0 Å². The molecule has 1 amide bonds. The van der Waals surface area contributed by atoms with Gasteiger partial charge in [0.15, 0.2) is 11.5 Å². The van der Waals surface area contributed by atoms with Crippen molar-refractivity contribution < 1.29 is 14.3 Å². The summed E-state index contributed by atoms with van der Waals surface area (Å²) in [7, 11) is 0. The Bertz CT molecular complexity index is 911. The Labute approximate surface area is 181 Å². The summed E-state index contributed by atoms with van der Waals surface area (Å²) in [6.07, 6.45) is 3.91. The van der Waals surface area contributed by atoms with E-state index in [1.165, 1.54) is 0 Å². The van der Waals surface area contributed by atoms with Crippen molar-refractivity contribution in [3.05, 3.63) is 54.4 Å². The molecule has 0 spiro atoms. The third-order valence-corrected chi connectivity index (χ3v) is 5.28. The van der Waals surface area contributed by atoms with Gasteiger partial charge in [-0.3, -0.25) is 4.79 Å². The lowest BCUT2D eigenvalue weighted by molar-refractivity contribution is -0.122. The Hall–Kier alpha value is -2.67. The van der Waals surface area contributed by atoms with Gasteiger partial charge < -0.3 is 19.8 Å². The van der Waals surface area contributed by atoms with Crippen LogP contribution in [0.5, 0.6) is 11.5 Å². The number of thioether (sulfide) groups is 1. The minimum atomic E-state index is -0.128. The number of H-pyrrole nitrogens is 1. The van der Waals surface area contributed by atoms with E-state index in [4.69, 9.17) is 9.47 Å². The molecule has 0 aliphatic rings. The van der Waals surface area contributed by atoms with Gasteiger partial charge in [-0.1, -0.05) is 24.3 Å². The van der Waals surface area contributed by atoms with E-state index in [1.807, 2.05) is 55.5 Å².